The lowest BCUT2D eigenvalue weighted by Gasteiger charge is -2.27. The second-order valence-electron chi connectivity index (χ2n) is 7.49. The van der Waals surface area contributed by atoms with E-state index in [-0.39, 0.29) is 12.2 Å². The highest BCUT2D eigenvalue weighted by Gasteiger charge is 2.37. The van der Waals surface area contributed by atoms with Crippen LogP contribution in [0.3, 0.4) is 0 Å². The molecule has 6 nitrogen and oxygen atoms in total. The van der Waals surface area contributed by atoms with Crippen LogP contribution in [0.5, 0.6) is 5.75 Å². The van der Waals surface area contributed by atoms with Crippen LogP contribution < -0.4 is 15.0 Å². The van der Waals surface area contributed by atoms with E-state index in [0.717, 1.165) is 25.0 Å². The number of halogens is 3. The molecule has 1 aliphatic heterocycles. The number of ether oxygens (including phenoxy) is 1. The van der Waals surface area contributed by atoms with E-state index in [4.69, 9.17) is 16.3 Å². The Labute approximate surface area is 217 Å². The van der Waals surface area contributed by atoms with Gasteiger partial charge in [-0.3, -0.25) is 14.9 Å². The summed E-state index contributed by atoms with van der Waals surface area (Å²) in [4.78, 5) is 39.3. The molecular formula is C25H17Br2ClN2O4. The molecule has 0 aromatic heterocycles. The third-order valence-electron chi connectivity index (χ3n) is 5.08. The standard InChI is InChI=1S/C25H17Br2ClN2O4/c1-14-10-19(7-8-21(14)27)30-24(32)20(23(31)29-25(30)33)12-16-11-17(26)4-9-22(16)34-13-15-2-5-18(28)6-3-15/h2-12H,13H2,1H3,(H,29,31,33)/b20-12+. The number of aryl methyl sites for hydroxylation is 1. The number of imide groups is 2. The van der Waals surface area contributed by atoms with Crippen LogP contribution in [0, 0.1) is 6.92 Å². The Morgan fingerprint density at radius 2 is 1.74 bits per heavy atom. The first kappa shape index (κ1) is 24.2. The van der Waals surface area contributed by atoms with Gasteiger partial charge in [0.1, 0.15) is 17.9 Å². The topological polar surface area (TPSA) is 75.7 Å². The highest BCUT2D eigenvalue weighted by molar-refractivity contribution is 9.10. The minimum atomic E-state index is -0.803. The minimum absolute atomic E-state index is 0.186. The summed E-state index contributed by atoms with van der Waals surface area (Å²) < 4.78 is 7.53. The molecule has 34 heavy (non-hydrogen) atoms. The van der Waals surface area contributed by atoms with Crippen LogP contribution in [-0.2, 0) is 16.2 Å². The molecule has 0 spiro atoms. The first-order valence-electron chi connectivity index (χ1n) is 10.1. The number of carbonyl (C=O) groups is 3. The fourth-order valence-electron chi connectivity index (χ4n) is 3.32. The van der Waals surface area contributed by atoms with Gasteiger partial charge in [-0.1, -0.05) is 55.6 Å². The summed E-state index contributed by atoms with van der Waals surface area (Å²) in [5.74, 6) is -1.03. The van der Waals surface area contributed by atoms with Crippen LogP contribution in [-0.4, -0.2) is 17.8 Å². The molecule has 3 aromatic rings. The molecule has 0 radical (unpaired) electrons. The van der Waals surface area contributed by atoms with Gasteiger partial charge in [-0.05, 0) is 72.7 Å². The number of anilines is 1. The number of barbiturate groups is 1. The maximum atomic E-state index is 13.3. The van der Waals surface area contributed by atoms with Crippen molar-refractivity contribution in [1.82, 2.24) is 5.32 Å². The van der Waals surface area contributed by atoms with E-state index in [1.807, 2.05) is 19.1 Å². The van der Waals surface area contributed by atoms with Crippen molar-refractivity contribution in [3.63, 3.8) is 0 Å². The van der Waals surface area contributed by atoms with Crippen molar-refractivity contribution in [2.24, 2.45) is 0 Å². The van der Waals surface area contributed by atoms with Crippen molar-refractivity contribution in [2.45, 2.75) is 13.5 Å². The molecule has 3 aromatic carbocycles. The van der Waals surface area contributed by atoms with Gasteiger partial charge in [0, 0.05) is 19.5 Å². The molecule has 1 aliphatic rings. The Hall–Kier alpha value is -2.94. The zero-order valence-electron chi connectivity index (χ0n) is 17.8. The number of rotatable bonds is 5. The average molecular weight is 605 g/mol. The molecule has 172 valence electrons. The first-order valence-corrected chi connectivity index (χ1v) is 12.0. The number of hydrogen-bond donors (Lipinski definition) is 1. The zero-order valence-corrected chi connectivity index (χ0v) is 21.7. The minimum Gasteiger partial charge on any atom is -0.488 e. The van der Waals surface area contributed by atoms with Gasteiger partial charge in [0.05, 0.1) is 5.69 Å². The number of nitrogens with one attached hydrogen (secondary N) is 1. The highest BCUT2D eigenvalue weighted by atomic mass is 79.9. The van der Waals surface area contributed by atoms with Crippen LogP contribution in [0.4, 0.5) is 10.5 Å². The molecule has 0 saturated carbocycles. The summed E-state index contributed by atoms with van der Waals surface area (Å²) in [6, 6.07) is 16.7. The van der Waals surface area contributed by atoms with Gasteiger partial charge in [-0.15, -0.1) is 0 Å². The van der Waals surface area contributed by atoms with Gasteiger partial charge in [-0.25, -0.2) is 9.69 Å². The summed E-state index contributed by atoms with van der Waals surface area (Å²) in [6.07, 6.45) is 1.42. The van der Waals surface area contributed by atoms with Gasteiger partial charge in [0.25, 0.3) is 11.8 Å². The second kappa shape index (κ2) is 10.1. The third-order valence-corrected chi connectivity index (χ3v) is 6.72. The summed E-state index contributed by atoms with van der Waals surface area (Å²) >= 11 is 12.8. The lowest BCUT2D eigenvalue weighted by atomic mass is 10.1. The molecular weight excluding hydrogens is 588 g/mol. The van der Waals surface area contributed by atoms with E-state index in [1.54, 1.807) is 48.5 Å². The molecule has 4 rings (SSSR count). The summed E-state index contributed by atoms with van der Waals surface area (Å²) in [5, 5.41) is 2.87. The number of urea groups is 1. The number of amides is 4. The second-order valence-corrected chi connectivity index (χ2v) is 9.70. The third kappa shape index (κ3) is 5.24. The molecule has 4 amide bonds. The van der Waals surface area contributed by atoms with E-state index in [9.17, 15) is 14.4 Å². The van der Waals surface area contributed by atoms with Gasteiger partial charge < -0.3 is 4.74 Å². The van der Waals surface area contributed by atoms with E-state index in [1.165, 1.54) is 6.08 Å². The molecule has 0 unspecified atom stereocenters. The Bertz CT molecular complexity index is 1340. The van der Waals surface area contributed by atoms with Crippen molar-refractivity contribution < 1.29 is 19.1 Å². The van der Waals surface area contributed by atoms with Gasteiger partial charge in [0.15, 0.2) is 0 Å². The maximum Gasteiger partial charge on any atom is 0.335 e. The highest BCUT2D eigenvalue weighted by Crippen LogP contribution is 2.30. The number of hydrogen-bond acceptors (Lipinski definition) is 4. The Morgan fingerprint density at radius 1 is 1.00 bits per heavy atom. The number of nitrogens with zero attached hydrogens (tertiary/aromatic N) is 1. The van der Waals surface area contributed by atoms with E-state index in [2.05, 4.69) is 37.2 Å². The van der Waals surface area contributed by atoms with Crippen molar-refractivity contribution in [2.75, 3.05) is 4.90 Å². The lowest BCUT2D eigenvalue weighted by Crippen LogP contribution is -2.54. The normalized spacial score (nSPS) is 15.0. The van der Waals surface area contributed by atoms with E-state index >= 15 is 0 Å². The Morgan fingerprint density at radius 3 is 2.44 bits per heavy atom. The van der Waals surface area contributed by atoms with E-state index < -0.39 is 17.8 Å². The molecule has 1 saturated heterocycles. The molecule has 0 atom stereocenters. The van der Waals surface area contributed by atoms with Gasteiger partial charge in [-0.2, -0.15) is 0 Å². The fourth-order valence-corrected chi connectivity index (χ4v) is 4.07. The Balaban J connectivity index is 1.67. The monoisotopic (exact) mass is 602 g/mol. The lowest BCUT2D eigenvalue weighted by molar-refractivity contribution is -0.122. The predicted molar refractivity (Wildman–Crippen MR) is 138 cm³/mol. The quantitative estimate of drug-likeness (QED) is 0.270. The van der Waals surface area contributed by atoms with Crippen molar-refractivity contribution in [3.8, 4) is 5.75 Å². The Kier molecular flexibility index (Phi) is 7.21. The van der Waals surface area contributed by atoms with Crippen LogP contribution in [0.2, 0.25) is 5.02 Å². The molecule has 1 N–H and O–H groups in total. The van der Waals surface area contributed by atoms with Gasteiger partial charge in [0.2, 0.25) is 0 Å². The molecule has 9 heteroatoms. The predicted octanol–water partition coefficient (Wildman–Crippen LogP) is 6.42. The smallest absolute Gasteiger partial charge is 0.335 e. The van der Waals surface area contributed by atoms with Crippen LogP contribution in [0.1, 0.15) is 16.7 Å². The van der Waals surface area contributed by atoms with Crippen molar-refractivity contribution in [1.29, 1.82) is 0 Å². The van der Waals surface area contributed by atoms with Crippen LogP contribution >= 0.6 is 43.5 Å². The number of carbonyl (C=O) groups excluding carboxylic acids is 3. The molecule has 1 fully saturated rings. The van der Waals surface area contributed by atoms with Crippen LogP contribution in [0.15, 0.2) is 75.2 Å². The summed E-state index contributed by atoms with van der Waals surface area (Å²) in [5.41, 5.74) is 2.41. The average Bonchev–Trinajstić information content (AvgIpc) is 2.79. The number of benzene rings is 3. The van der Waals surface area contributed by atoms with Crippen molar-refractivity contribution in [3.05, 3.63) is 96.9 Å². The van der Waals surface area contributed by atoms with Gasteiger partial charge >= 0.3 is 6.03 Å². The maximum absolute atomic E-state index is 13.3. The van der Waals surface area contributed by atoms with Crippen LogP contribution in [0.25, 0.3) is 6.08 Å². The SMILES string of the molecule is Cc1cc(N2C(=O)NC(=O)/C(=C\c3cc(Br)ccc3OCc3ccc(Cl)cc3)C2=O)ccc1Br. The molecule has 0 bridgehead atoms. The zero-order chi connectivity index (χ0) is 24.4. The first-order chi connectivity index (χ1) is 16.2. The van der Waals surface area contributed by atoms with E-state index in [0.29, 0.717) is 22.0 Å². The largest absolute Gasteiger partial charge is 0.488 e. The molecule has 1 heterocycles. The summed E-state index contributed by atoms with van der Waals surface area (Å²) in [7, 11) is 0. The van der Waals surface area contributed by atoms with Crippen molar-refractivity contribution >= 4 is 73.1 Å². The molecule has 0 aliphatic carbocycles. The summed E-state index contributed by atoms with van der Waals surface area (Å²) in [6.45, 7) is 2.10. The fraction of sp³-hybridized carbons (Fsp3) is 0.0800.